The van der Waals surface area contributed by atoms with Crippen LogP contribution in [0.25, 0.3) is 0 Å². The van der Waals surface area contributed by atoms with Crippen LogP contribution in [-0.2, 0) is 30.2 Å². The van der Waals surface area contributed by atoms with Crippen LogP contribution in [0.3, 0.4) is 0 Å². The third kappa shape index (κ3) is 2.66. The fourth-order valence-corrected chi connectivity index (χ4v) is 5.38. The van der Waals surface area contributed by atoms with Crippen molar-refractivity contribution < 1.29 is 28.6 Å². The average Bonchev–Trinajstić information content (AvgIpc) is 3.37. The first kappa shape index (κ1) is 19.8. The molecule has 9 heteroatoms. The van der Waals surface area contributed by atoms with Crippen molar-refractivity contribution in [2.45, 2.75) is 24.2 Å². The highest BCUT2D eigenvalue weighted by Crippen LogP contribution is 2.56. The Balaban J connectivity index is 1.60. The number of carbonyl (C=O) groups is 3. The first-order chi connectivity index (χ1) is 14.9. The van der Waals surface area contributed by atoms with Gasteiger partial charge in [-0.1, -0.05) is 30.3 Å². The van der Waals surface area contributed by atoms with E-state index in [1.807, 2.05) is 35.2 Å². The van der Waals surface area contributed by atoms with Crippen LogP contribution in [0.2, 0.25) is 0 Å². The minimum atomic E-state index is -1.00. The van der Waals surface area contributed by atoms with Gasteiger partial charge in [-0.3, -0.25) is 9.59 Å². The minimum Gasteiger partial charge on any atom is -0.492 e. The number of primary amides is 1. The summed E-state index contributed by atoms with van der Waals surface area (Å²) in [6, 6.07) is 9.49. The number of carbonyl (C=O) groups excluding carboxylic acids is 3. The van der Waals surface area contributed by atoms with Crippen molar-refractivity contribution >= 4 is 17.7 Å². The molecule has 9 nitrogen and oxygen atoms in total. The monoisotopic (exact) mass is 425 g/mol. The van der Waals surface area contributed by atoms with Gasteiger partial charge >= 0.3 is 6.09 Å². The molecule has 3 aliphatic heterocycles. The van der Waals surface area contributed by atoms with Gasteiger partial charge in [0.2, 0.25) is 11.6 Å². The molecule has 0 spiro atoms. The molecule has 0 bridgehead atoms. The molecule has 1 aromatic carbocycles. The van der Waals surface area contributed by atoms with Crippen molar-refractivity contribution in [3.05, 3.63) is 58.5 Å². The largest absolute Gasteiger partial charge is 0.492 e. The van der Waals surface area contributed by atoms with E-state index in [0.29, 0.717) is 17.8 Å². The summed E-state index contributed by atoms with van der Waals surface area (Å²) in [5, 5.41) is 3.33. The van der Waals surface area contributed by atoms with Crippen LogP contribution in [0.4, 0.5) is 4.79 Å². The van der Waals surface area contributed by atoms with E-state index in [1.165, 1.54) is 14.2 Å². The van der Waals surface area contributed by atoms with Crippen molar-refractivity contribution in [3.63, 3.8) is 0 Å². The Hall–Kier alpha value is -3.17. The number of nitrogens with zero attached hydrogens (tertiary/aromatic N) is 1. The molecule has 4 aliphatic rings. The zero-order valence-electron chi connectivity index (χ0n) is 17.2. The SMILES string of the molecule is COC1=C(Cc2ccccc2)C(=O)C2=C(C1=O)[C@@H](COC(N)=O)[C@@]1(OC)[C@H]3N[C@H]3CN21. The maximum Gasteiger partial charge on any atom is 0.404 e. The summed E-state index contributed by atoms with van der Waals surface area (Å²) in [5.74, 6) is -1.31. The Kier molecular flexibility index (Phi) is 4.42. The molecule has 1 aromatic rings. The number of ketones is 2. The van der Waals surface area contributed by atoms with Crippen LogP contribution >= 0.6 is 0 Å². The molecule has 1 amide bonds. The lowest BCUT2D eigenvalue weighted by atomic mass is 9.81. The van der Waals surface area contributed by atoms with E-state index < -0.39 is 17.7 Å². The maximum absolute atomic E-state index is 13.7. The van der Waals surface area contributed by atoms with Gasteiger partial charge in [0.05, 0.1) is 30.3 Å². The number of benzene rings is 1. The van der Waals surface area contributed by atoms with Crippen LogP contribution in [0.1, 0.15) is 5.56 Å². The highest BCUT2D eigenvalue weighted by Gasteiger charge is 2.73. The molecular formula is C22H23N3O6. The van der Waals surface area contributed by atoms with Gasteiger partial charge in [-0.25, -0.2) is 4.79 Å². The van der Waals surface area contributed by atoms with Gasteiger partial charge in [-0.2, -0.15) is 0 Å². The summed E-state index contributed by atoms with van der Waals surface area (Å²) in [6.45, 7) is 0.345. The number of allylic oxidation sites excluding steroid dienone is 2. The second kappa shape index (κ2) is 6.93. The first-order valence-electron chi connectivity index (χ1n) is 10.1. The van der Waals surface area contributed by atoms with Gasteiger partial charge in [-0.15, -0.1) is 0 Å². The molecule has 31 heavy (non-hydrogen) atoms. The number of nitrogens with two attached hydrogens (primary N) is 1. The van der Waals surface area contributed by atoms with Gasteiger partial charge in [0.15, 0.2) is 11.5 Å². The van der Waals surface area contributed by atoms with Crippen LogP contribution < -0.4 is 11.1 Å². The van der Waals surface area contributed by atoms with Crippen LogP contribution in [0.5, 0.6) is 0 Å². The molecule has 5 rings (SSSR count). The summed E-state index contributed by atoms with van der Waals surface area (Å²) in [4.78, 5) is 40.5. The predicted molar refractivity (Wildman–Crippen MR) is 107 cm³/mol. The van der Waals surface area contributed by atoms with Gasteiger partial charge in [0.25, 0.3) is 0 Å². The van der Waals surface area contributed by atoms with Crippen molar-refractivity contribution in [3.8, 4) is 0 Å². The Labute approximate surface area is 178 Å². The fraction of sp³-hybridized carbons (Fsp3) is 0.409. The summed E-state index contributed by atoms with van der Waals surface area (Å²) in [5.41, 5.74) is 5.97. The molecule has 0 aromatic heterocycles. The third-order valence-electron chi connectivity index (χ3n) is 6.67. The molecule has 0 radical (unpaired) electrons. The smallest absolute Gasteiger partial charge is 0.404 e. The Morgan fingerprint density at radius 1 is 1.23 bits per heavy atom. The molecule has 1 aliphatic carbocycles. The Bertz CT molecular complexity index is 1050. The Morgan fingerprint density at radius 3 is 2.61 bits per heavy atom. The lowest BCUT2D eigenvalue weighted by Crippen LogP contribution is -2.55. The van der Waals surface area contributed by atoms with E-state index in [4.69, 9.17) is 19.9 Å². The van der Waals surface area contributed by atoms with E-state index in [0.717, 1.165) is 5.56 Å². The number of hydrogen-bond donors (Lipinski definition) is 2. The van der Waals surface area contributed by atoms with Crippen molar-refractivity contribution in [1.29, 1.82) is 0 Å². The molecular weight excluding hydrogens is 402 g/mol. The van der Waals surface area contributed by atoms with Crippen LogP contribution in [0.15, 0.2) is 52.9 Å². The number of methoxy groups -OCH3 is 2. The quantitative estimate of drug-likeness (QED) is 0.490. The number of Topliss-reactive ketones (excluding diaryl/α,β-unsaturated/α-hetero) is 2. The van der Waals surface area contributed by atoms with E-state index >= 15 is 0 Å². The van der Waals surface area contributed by atoms with Gasteiger partial charge < -0.3 is 30.2 Å². The fourth-order valence-electron chi connectivity index (χ4n) is 5.38. The predicted octanol–water partition coefficient (Wildman–Crippen LogP) is 0.259. The second-order valence-electron chi connectivity index (χ2n) is 8.09. The number of rotatable bonds is 6. The van der Waals surface area contributed by atoms with Gasteiger partial charge in [-0.05, 0) is 5.56 Å². The van der Waals surface area contributed by atoms with Crippen molar-refractivity contribution in [1.82, 2.24) is 10.2 Å². The third-order valence-corrected chi connectivity index (χ3v) is 6.67. The van der Waals surface area contributed by atoms with Crippen molar-refractivity contribution in [2.75, 3.05) is 27.4 Å². The molecule has 0 saturated carbocycles. The molecule has 162 valence electrons. The average molecular weight is 425 g/mol. The van der Waals surface area contributed by atoms with Crippen LogP contribution in [-0.4, -0.2) is 67.7 Å². The highest BCUT2D eigenvalue weighted by atomic mass is 16.6. The zero-order valence-corrected chi connectivity index (χ0v) is 17.2. The summed E-state index contributed by atoms with van der Waals surface area (Å²) in [7, 11) is 2.92. The lowest BCUT2D eigenvalue weighted by Gasteiger charge is -2.39. The minimum absolute atomic E-state index is 0.0180. The second-order valence-corrected chi connectivity index (χ2v) is 8.09. The van der Waals surface area contributed by atoms with Gasteiger partial charge in [0.1, 0.15) is 6.61 Å². The zero-order chi connectivity index (χ0) is 21.9. The molecule has 4 atom stereocenters. The van der Waals surface area contributed by atoms with E-state index in [9.17, 15) is 14.4 Å². The molecule has 2 saturated heterocycles. The molecule has 3 heterocycles. The van der Waals surface area contributed by atoms with Crippen LogP contribution in [0, 0.1) is 5.92 Å². The normalized spacial score (nSPS) is 30.9. The molecule has 3 N–H and O–H groups in total. The first-order valence-corrected chi connectivity index (χ1v) is 10.1. The maximum atomic E-state index is 13.7. The molecule has 0 unspecified atom stereocenters. The summed E-state index contributed by atoms with van der Waals surface area (Å²) >= 11 is 0. The number of nitrogens with one attached hydrogen (secondary N) is 1. The highest BCUT2D eigenvalue weighted by molar-refractivity contribution is 6.25. The number of amides is 1. The number of ether oxygens (including phenoxy) is 3. The number of piperazine rings is 1. The summed E-state index contributed by atoms with van der Waals surface area (Å²) < 4.78 is 16.5. The van der Waals surface area contributed by atoms with E-state index in [1.54, 1.807) is 0 Å². The molecule has 2 fully saturated rings. The standard InChI is InChI=1S/C22H23N3O6/c1-29-19-12(8-11-6-4-3-5-7-11)17(26)16-15(18(19)27)13(10-31-21(23)28)22(30-2)20-14(24-20)9-25(16)22/h3-7,13-14,20,24H,8-10H2,1-2H3,(H2,23,28)/t13-,14+,20+,22-/m1/s1. The number of fused-ring (bicyclic) bond motifs is 4. The number of hydrogen-bond acceptors (Lipinski definition) is 8. The topological polar surface area (TPSA) is 130 Å². The lowest BCUT2D eigenvalue weighted by molar-refractivity contribution is -0.137. The Morgan fingerprint density at radius 2 is 1.97 bits per heavy atom. The van der Waals surface area contributed by atoms with E-state index in [-0.39, 0.29) is 48.0 Å². The van der Waals surface area contributed by atoms with E-state index in [2.05, 4.69) is 5.32 Å². The van der Waals surface area contributed by atoms with Crippen molar-refractivity contribution in [2.24, 2.45) is 11.7 Å². The summed E-state index contributed by atoms with van der Waals surface area (Å²) in [6.07, 6.45) is -0.681. The van der Waals surface area contributed by atoms with Gasteiger partial charge in [0, 0.05) is 31.7 Å².